The van der Waals surface area contributed by atoms with E-state index in [4.69, 9.17) is 0 Å². The van der Waals surface area contributed by atoms with Gasteiger partial charge in [-0.3, -0.25) is 4.79 Å². The van der Waals surface area contributed by atoms with E-state index < -0.39 is 0 Å². The number of hydrogen-bond donors (Lipinski definition) is 1. The molecule has 1 aliphatic rings. The molecule has 0 aliphatic carbocycles. The summed E-state index contributed by atoms with van der Waals surface area (Å²) in [4.78, 5) is 14.8. The molecule has 2 aromatic rings. The molecule has 2 aromatic carbocycles. The Morgan fingerprint density at radius 3 is 2.63 bits per heavy atom. The minimum atomic E-state index is -0.0870. The van der Waals surface area contributed by atoms with Gasteiger partial charge in [-0.15, -0.1) is 12.4 Å². The molecule has 1 atom stereocenters. The van der Waals surface area contributed by atoms with Gasteiger partial charge in [0.25, 0.3) is 0 Å². The second-order valence-electron chi connectivity index (χ2n) is 7.06. The predicted molar refractivity (Wildman–Crippen MR) is 116 cm³/mol. The van der Waals surface area contributed by atoms with E-state index in [1.54, 1.807) is 6.08 Å². The zero-order valence-corrected chi connectivity index (χ0v) is 16.8. The molecule has 0 saturated carbocycles. The first kappa shape index (κ1) is 21.2. The van der Waals surface area contributed by atoms with E-state index in [0.29, 0.717) is 6.04 Å². The van der Waals surface area contributed by atoms with Crippen molar-refractivity contribution in [1.29, 1.82) is 0 Å². The fraction of sp³-hybridized carbons (Fsp3) is 0.348. The van der Waals surface area contributed by atoms with Crippen LogP contribution in [0.2, 0.25) is 0 Å². The molecule has 1 N–H and O–H groups in total. The summed E-state index contributed by atoms with van der Waals surface area (Å²) in [5.74, 6) is -0.0870. The second kappa shape index (κ2) is 10.9. The molecule has 1 fully saturated rings. The molecule has 4 heteroatoms. The number of carbonyl (C=O) groups is 1. The van der Waals surface area contributed by atoms with Crippen LogP contribution < -0.4 is 5.32 Å². The van der Waals surface area contributed by atoms with Gasteiger partial charge < -0.3 is 10.2 Å². The topological polar surface area (TPSA) is 32.3 Å². The highest BCUT2D eigenvalue weighted by atomic mass is 35.5. The van der Waals surface area contributed by atoms with Crippen molar-refractivity contribution < 1.29 is 4.79 Å². The van der Waals surface area contributed by atoms with Gasteiger partial charge in [-0.1, -0.05) is 55.0 Å². The van der Waals surface area contributed by atoms with Crippen LogP contribution in [0.15, 0.2) is 60.7 Å². The van der Waals surface area contributed by atoms with Gasteiger partial charge in [0.05, 0.1) is 0 Å². The maximum Gasteiger partial charge on any atom is 0.248 e. The van der Waals surface area contributed by atoms with Gasteiger partial charge in [-0.25, -0.2) is 0 Å². The van der Waals surface area contributed by atoms with Crippen LogP contribution >= 0.6 is 12.4 Å². The van der Waals surface area contributed by atoms with Crippen LogP contribution in [0.1, 0.15) is 36.8 Å². The third-order valence-corrected chi connectivity index (χ3v) is 5.17. The van der Waals surface area contributed by atoms with Crippen LogP contribution in [0.4, 0.5) is 5.69 Å². The quantitative estimate of drug-likeness (QED) is 0.696. The number of rotatable bonds is 6. The number of benzene rings is 2. The number of halogens is 1. The van der Waals surface area contributed by atoms with Crippen LogP contribution in [0, 0.1) is 0 Å². The number of likely N-dealkylation sites (tertiary alicyclic amines) is 1. The highest BCUT2D eigenvalue weighted by Crippen LogP contribution is 2.23. The number of para-hydroxylation sites is 1. The maximum absolute atomic E-state index is 12.3. The average Bonchev–Trinajstić information content (AvgIpc) is 2.68. The number of aryl methyl sites for hydroxylation is 1. The van der Waals surface area contributed by atoms with E-state index >= 15 is 0 Å². The summed E-state index contributed by atoms with van der Waals surface area (Å²) in [6, 6.07) is 18.7. The third-order valence-electron chi connectivity index (χ3n) is 5.17. The van der Waals surface area contributed by atoms with Crippen molar-refractivity contribution in [2.24, 2.45) is 0 Å². The Hall–Kier alpha value is -2.10. The third kappa shape index (κ3) is 6.53. The van der Waals surface area contributed by atoms with Gasteiger partial charge in [-0.05, 0) is 62.5 Å². The molecule has 0 bridgehead atoms. The molecule has 1 heterocycles. The maximum atomic E-state index is 12.3. The minimum absolute atomic E-state index is 0. The molecule has 1 aliphatic heterocycles. The SMILES string of the molecule is CN1CCCCC1CCc1ccccc1NC(=O)C=Cc1ccccc1.Cl. The van der Waals surface area contributed by atoms with E-state index in [0.717, 1.165) is 24.1 Å². The standard InChI is InChI=1S/C23H28N2O.ClH/c1-25-18-8-7-12-21(25)16-15-20-11-5-6-13-22(20)24-23(26)17-14-19-9-3-2-4-10-19;/h2-6,9-11,13-14,17,21H,7-8,12,15-16,18H2,1H3,(H,24,26);1H. The van der Waals surface area contributed by atoms with Crippen LogP contribution in [0.3, 0.4) is 0 Å². The highest BCUT2D eigenvalue weighted by molar-refractivity contribution is 6.02. The monoisotopic (exact) mass is 384 g/mol. The molecular weight excluding hydrogens is 356 g/mol. The molecule has 144 valence electrons. The number of amides is 1. The van der Waals surface area contributed by atoms with Gasteiger partial charge in [0, 0.05) is 17.8 Å². The van der Waals surface area contributed by atoms with Gasteiger partial charge >= 0.3 is 0 Å². The van der Waals surface area contributed by atoms with Crippen molar-refractivity contribution in [3.63, 3.8) is 0 Å². The average molecular weight is 385 g/mol. The van der Waals surface area contributed by atoms with E-state index in [1.165, 1.54) is 31.4 Å². The Labute approximate surface area is 168 Å². The number of nitrogens with one attached hydrogen (secondary N) is 1. The summed E-state index contributed by atoms with van der Waals surface area (Å²) in [6.07, 6.45) is 9.50. The van der Waals surface area contributed by atoms with E-state index in [-0.39, 0.29) is 18.3 Å². The lowest BCUT2D eigenvalue weighted by Crippen LogP contribution is -2.36. The number of hydrogen-bond acceptors (Lipinski definition) is 2. The van der Waals surface area contributed by atoms with Crippen LogP contribution in [0.25, 0.3) is 6.08 Å². The first-order valence-corrected chi connectivity index (χ1v) is 9.54. The molecule has 3 nitrogen and oxygen atoms in total. The van der Waals surface area contributed by atoms with Gasteiger partial charge in [-0.2, -0.15) is 0 Å². The normalized spacial score (nSPS) is 17.4. The molecule has 1 unspecified atom stereocenters. The summed E-state index contributed by atoms with van der Waals surface area (Å²) in [5, 5.41) is 3.04. The summed E-state index contributed by atoms with van der Waals surface area (Å²) >= 11 is 0. The van der Waals surface area contributed by atoms with Gasteiger partial charge in [0.2, 0.25) is 5.91 Å². The molecule has 3 rings (SSSR count). The Morgan fingerprint density at radius 2 is 1.85 bits per heavy atom. The van der Waals surface area contributed by atoms with E-state index in [1.807, 2.05) is 48.5 Å². The molecule has 1 amide bonds. The molecule has 27 heavy (non-hydrogen) atoms. The second-order valence-corrected chi connectivity index (χ2v) is 7.06. The van der Waals surface area contributed by atoms with Crippen molar-refractivity contribution >= 4 is 30.1 Å². The lowest BCUT2D eigenvalue weighted by Gasteiger charge is -2.32. The smallest absolute Gasteiger partial charge is 0.248 e. The molecular formula is C23H29ClN2O. The fourth-order valence-corrected chi connectivity index (χ4v) is 3.60. The molecule has 0 spiro atoms. The largest absolute Gasteiger partial charge is 0.322 e. The van der Waals surface area contributed by atoms with Crippen molar-refractivity contribution in [2.75, 3.05) is 18.9 Å². The Kier molecular flexibility index (Phi) is 8.56. The fourth-order valence-electron chi connectivity index (χ4n) is 3.60. The van der Waals surface area contributed by atoms with Crippen molar-refractivity contribution in [3.8, 4) is 0 Å². The Morgan fingerprint density at radius 1 is 1.11 bits per heavy atom. The predicted octanol–water partition coefficient (Wildman–Crippen LogP) is 5.18. The number of anilines is 1. The van der Waals surface area contributed by atoms with Gasteiger partial charge in [0.1, 0.15) is 0 Å². The molecule has 0 aromatic heterocycles. The zero-order chi connectivity index (χ0) is 18.2. The van der Waals surface area contributed by atoms with Crippen molar-refractivity contribution in [2.45, 2.75) is 38.1 Å². The van der Waals surface area contributed by atoms with Crippen molar-refractivity contribution in [1.82, 2.24) is 4.90 Å². The van der Waals surface area contributed by atoms with Crippen LogP contribution in [-0.4, -0.2) is 30.4 Å². The first-order chi connectivity index (χ1) is 12.7. The lowest BCUT2D eigenvalue weighted by molar-refractivity contribution is -0.111. The first-order valence-electron chi connectivity index (χ1n) is 9.54. The lowest BCUT2D eigenvalue weighted by atomic mass is 9.96. The minimum Gasteiger partial charge on any atom is -0.322 e. The van der Waals surface area contributed by atoms with E-state index in [2.05, 4.69) is 29.4 Å². The molecule has 1 saturated heterocycles. The summed E-state index contributed by atoms with van der Waals surface area (Å²) in [7, 11) is 2.23. The molecule has 0 radical (unpaired) electrons. The van der Waals surface area contributed by atoms with Gasteiger partial charge in [0.15, 0.2) is 0 Å². The zero-order valence-electron chi connectivity index (χ0n) is 15.9. The Balaban J connectivity index is 0.00000261. The Bertz CT molecular complexity index is 745. The highest BCUT2D eigenvalue weighted by Gasteiger charge is 2.18. The number of carbonyl (C=O) groups excluding carboxylic acids is 1. The number of piperidine rings is 1. The van der Waals surface area contributed by atoms with Crippen molar-refractivity contribution in [3.05, 3.63) is 71.8 Å². The summed E-state index contributed by atoms with van der Waals surface area (Å²) in [6.45, 7) is 1.20. The summed E-state index contributed by atoms with van der Waals surface area (Å²) in [5.41, 5.74) is 3.16. The van der Waals surface area contributed by atoms with E-state index in [9.17, 15) is 4.79 Å². The number of nitrogens with zero attached hydrogens (tertiary/aromatic N) is 1. The van der Waals surface area contributed by atoms with Crippen LogP contribution in [-0.2, 0) is 11.2 Å². The summed E-state index contributed by atoms with van der Waals surface area (Å²) < 4.78 is 0. The van der Waals surface area contributed by atoms with Crippen LogP contribution in [0.5, 0.6) is 0 Å².